The number of anilines is 2. The van der Waals surface area contributed by atoms with Crippen LogP contribution in [0.2, 0.25) is 0 Å². The van der Waals surface area contributed by atoms with Gasteiger partial charge in [0, 0.05) is 37.0 Å². The summed E-state index contributed by atoms with van der Waals surface area (Å²) in [6.07, 6.45) is 1.48. The molecule has 35 heavy (non-hydrogen) atoms. The number of hydrogen-bond donors (Lipinski definition) is 1. The zero-order valence-electron chi connectivity index (χ0n) is 19.0. The van der Waals surface area contributed by atoms with Crippen LogP contribution in [-0.4, -0.2) is 35.6 Å². The van der Waals surface area contributed by atoms with Crippen LogP contribution in [0.5, 0.6) is 11.5 Å². The fourth-order valence-electron chi connectivity index (χ4n) is 5.04. The Morgan fingerprint density at radius 3 is 2.63 bits per heavy atom. The van der Waals surface area contributed by atoms with E-state index in [1.54, 1.807) is 17.0 Å². The van der Waals surface area contributed by atoms with Crippen molar-refractivity contribution >= 4 is 23.0 Å². The van der Waals surface area contributed by atoms with Crippen LogP contribution < -0.4 is 19.7 Å². The highest BCUT2D eigenvalue weighted by atomic mass is 16.7. The van der Waals surface area contributed by atoms with E-state index in [0.29, 0.717) is 40.5 Å². The predicted octanol–water partition coefficient (Wildman–Crippen LogP) is 4.69. The fraction of sp³-hybridized carbons (Fsp3) is 0.269. The Kier molecular flexibility index (Phi) is 5.17. The number of nitro groups is 1. The van der Waals surface area contributed by atoms with Gasteiger partial charge in [0.1, 0.15) is 11.9 Å². The van der Waals surface area contributed by atoms with E-state index in [-0.39, 0.29) is 23.3 Å². The highest BCUT2D eigenvalue weighted by Crippen LogP contribution is 2.39. The molecule has 0 aromatic heterocycles. The van der Waals surface area contributed by atoms with Gasteiger partial charge in [-0.05, 0) is 48.7 Å². The van der Waals surface area contributed by atoms with Crippen molar-refractivity contribution < 1.29 is 19.2 Å². The van der Waals surface area contributed by atoms with Crippen LogP contribution in [0.4, 0.5) is 17.1 Å². The van der Waals surface area contributed by atoms with Gasteiger partial charge >= 0.3 is 0 Å². The number of carbonyl (C=O) groups is 1. The molecule has 1 amide bonds. The molecule has 0 unspecified atom stereocenters. The van der Waals surface area contributed by atoms with Gasteiger partial charge < -0.3 is 24.6 Å². The molecule has 0 spiro atoms. The van der Waals surface area contributed by atoms with Crippen LogP contribution in [0.1, 0.15) is 40.5 Å². The van der Waals surface area contributed by atoms with Crippen molar-refractivity contribution in [2.45, 2.75) is 25.6 Å². The number of ether oxygens (including phenoxy) is 2. The van der Waals surface area contributed by atoms with E-state index in [1.807, 2.05) is 48.5 Å². The Balaban J connectivity index is 1.40. The smallest absolute Gasteiger partial charge is 0.292 e. The van der Waals surface area contributed by atoms with Crippen molar-refractivity contribution in [3.8, 4) is 11.5 Å². The Bertz CT molecular complexity index is 1320. The molecule has 178 valence electrons. The van der Waals surface area contributed by atoms with E-state index < -0.39 is 6.17 Å². The predicted molar refractivity (Wildman–Crippen MR) is 130 cm³/mol. The van der Waals surface area contributed by atoms with Crippen LogP contribution in [0.25, 0.3) is 0 Å². The number of rotatable bonds is 5. The number of nitrogens with zero attached hydrogens (tertiary/aromatic N) is 3. The molecule has 1 atom stereocenters. The zero-order chi connectivity index (χ0) is 23.9. The largest absolute Gasteiger partial charge is 0.454 e. The first-order valence-electron chi connectivity index (χ1n) is 11.7. The summed E-state index contributed by atoms with van der Waals surface area (Å²) in [4.78, 5) is 29.1. The molecule has 1 N–H and O–H groups in total. The summed E-state index contributed by atoms with van der Waals surface area (Å²) in [5.74, 6) is 1.17. The lowest BCUT2D eigenvalue weighted by Crippen LogP contribution is -2.42. The molecule has 6 rings (SSSR count). The average molecular weight is 473 g/mol. The first-order valence-corrected chi connectivity index (χ1v) is 11.7. The number of nitro benzene ring substituents is 1. The molecule has 3 aliphatic heterocycles. The molecular formula is C26H24N4O5. The Morgan fingerprint density at radius 2 is 1.80 bits per heavy atom. The number of carbonyl (C=O) groups excluding carboxylic acids is 1. The SMILES string of the molecule is O=C1c2ccccc2N[C@@H](c2ccc(N3CCCC3)c([N+](=O)[O-])c2)N1Cc1ccc2c(c1)OCO2. The highest BCUT2D eigenvalue weighted by molar-refractivity contribution is 6.01. The van der Waals surface area contributed by atoms with E-state index in [0.717, 1.165) is 31.5 Å². The molecule has 9 heteroatoms. The Morgan fingerprint density at radius 1 is 1.00 bits per heavy atom. The molecule has 0 saturated carbocycles. The summed E-state index contributed by atoms with van der Waals surface area (Å²) in [6.45, 7) is 2.09. The summed E-state index contributed by atoms with van der Waals surface area (Å²) in [5.41, 5.74) is 3.48. The van der Waals surface area contributed by atoms with Gasteiger partial charge in [0.2, 0.25) is 6.79 Å². The zero-order valence-corrected chi connectivity index (χ0v) is 19.0. The maximum atomic E-state index is 13.6. The lowest BCUT2D eigenvalue weighted by Gasteiger charge is -2.38. The van der Waals surface area contributed by atoms with Gasteiger partial charge in [-0.25, -0.2) is 0 Å². The van der Waals surface area contributed by atoms with E-state index in [9.17, 15) is 14.9 Å². The molecule has 3 aromatic rings. The molecule has 3 heterocycles. The monoisotopic (exact) mass is 472 g/mol. The minimum Gasteiger partial charge on any atom is -0.454 e. The third kappa shape index (κ3) is 3.78. The van der Waals surface area contributed by atoms with Crippen molar-refractivity contribution in [3.63, 3.8) is 0 Å². The summed E-state index contributed by atoms with van der Waals surface area (Å²) in [6, 6.07) is 18.2. The second-order valence-electron chi connectivity index (χ2n) is 8.91. The third-order valence-corrected chi connectivity index (χ3v) is 6.77. The minimum atomic E-state index is -0.575. The van der Waals surface area contributed by atoms with Crippen LogP contribution in [0.15, 0.2) is 60.7 Å². The average Bonchev–Trinajstić information content (AvgIpc) is 3.57. The summed E-state index contributed by atoms with van der Waals surface area (Å²) in [7, 11) is 0. The van der Waals surface area contributed by atoms with Gasteiger partial charge in [-0.2, -0.15) is 0 Å². The molecule has 1 fully saturated rings. The quantitative estimate of drug-likeness (QED) is 0.425. The van der Waals surface area contributed by atoms with Gasteiger partial charge in [0.15, 0.2) is 11.5 Å². The van der Waals surface area contributed by atoms with E-state index >= 15 is 0 Å². The molecule has 3 aliphatic rings. The van der Waals surface area contributed by atoms with Crippen molar-refractivity contribution in [2.75, 3.05) is 30.1 Å². The topological polar surface area (TPSA) is 97.2 Å². The van der Waals surface area contributed by atoms with Gasteiger partial charge in [0.25, 0.3) is 11.6 Å². The molecule has 0 aliphatic carbocycles. The number of amides is 1. The minimum absolute atomic E-state index is 0.0561. The van der Waals surface area contributed by atoms with Gasteiger partial charge in [0.05, 0.1) is 10.5 Å². The Hall–Kier alpha value is -4.27. The van der Waals surface area contributed by atoms with Gasteiger partial charge in [-0.3, -0.25) is 14.9 Å². The normalized spacial score (nSPS) is 18.4. The number of hydrogen-bond acceptors (Lipinski definition) is 7. The first-order chi connectivity index (χ1) is 17.1. The van der Waals surface area contributed by atoms with E-state index in [4.69, 9.17) is 9.47 Å². The molecule has 3 aromatic carbocycles. The van der Waals surface area contributed by atoms with E-state index in [2.05, 4.69) is 10.2 Å². The summed E-state index contributed by atoms with van der Waals surface area (Å²) >= 11 is 0. The fourth-order valence-corrected chi connectivity index (χ4v) is 5.04. The number of fused-ring (bicyclic) bond motifs is 2. The molecule has 0 bridgehead atoms. The molecule has 1 saturated heterocycles. The van der Waals surface area contributed by atoms with E-state index in [1.165, 1.54) is 0 Å². The van der Waals surface area contributed by atoms with Crippen molar-refractivity contribution in [1.29, 1.82) is 0 Å². The maximum absolute atomic E-state index is 13.6. The molecular weight excluding hydrogens is 448 g/mol. The standard InChI is InChI=1S/C26H24N4O5/c31-26-19-5-1-2-6-20(19)27-25(29(26)15-17-7-10-23-24(13-17)35-16-34-23)18-8-9-21(22(14-18)30(32)33)28-11-3-4-12-28/h1-2,5-10,13-14,25,27H,3-4,11-12,15-16H2/t25-/m1/s1. The number of benzene rings is 3. The first kappa shape index (κ1) is 21.3. The van der Waals surface area contributed by atoms with Crippen LogP contribution in [-0.2, 0) is 6.54 Å². The summed E-state index contributed by atoms with van der Waals surface area (Å²) in [5, 5.41) is 15.4. The number of nitrogens with one attached hydrogen (secondary N) is 1. The van der Waals surface area contributed by atoms with Gasteiger partial charge in [-0.15, -0.1) is 0 Å². The second kappa shape index (κ2) is 8.50. The maximum Gasteiger partial charge on any atom is 0.292 e. The Labute approximate surface area is 202 Å². The molecule has 0 radical (unpaired) electrons. The highest BCUT2D eigenvalue weighted by Gasteiger charge is 2.35. The van der Waals surface area contributed by atoms with Crippen LogP contribution in [0, 0.1) is 10.1 Å². The van der Waals surface area contributed by atoms with Crippen LogP contribution in [0.3, 0.4) is 0 Å². The number of para-hydroxylation sites is 1. The lowest BCUT2D eigenvalue weighted by atomic mass is 10.0. The summed E-state index contributed by atoms with van der Waals surface area (Å²) < 4.78 is 10.9. The van der Waals surface area contributed by atoms with Crippen molar-refractivity contribution in [3.05, 3.63) is 87.5 Å². The third-order valence-electron chi connectivity index (χ3n) is 6.77. The molecule has 9 nitrogen and oxygen atoms in total. The van der Waals surface area contributed by atoms with Crippen LogP contribution >= 0.6 is 0 Å². The van der Waals surface area contributed by atoms with Crippen molar-refractivity contribution in [1.82, 2.24) is 4.90 Å². The van der Waals surface area contributed by atoms with Crippen molar-refractivity contribution in [2.24, 2.45) is 0 Å². The second-order valence-corrected chi connectivity index (χ2v) is 8.91. The lowest BCUT2D eigenvalue weighted by molar-refractivity contribution is -0.384. The van der Waals surface area contributed by atoms with Gasteiger partial charge in [-0.1, -0.05) is 24.3 Å².